The fourth-order valence-electron chi connectivity index (χ4n) is 14.3. The zero-order chi connectivity index (χ0) is 55.8. The summed E-state index contributed by atoms with van der Waals surface area (Å²) in [5.41, 5.74) is -2.85. The van der Waals surface area contributed by atoms with Crippen molar-refractivity contribution in [1.82, 2.24) is 4.90 Å². The number of para-hydroxylation sites is 1. The summed E-state index contributed by atoms with van der Waals surface area (Å²) in [4.78, 5) is 66.5. The van der Waals surface area contributed by atoms with Crippen LogP contribution in [0.4, 0.5) is 14.5 Å². The topological polar surface area (TPSA) is 169 Å². The number of Topliss-reactive ketones (excluding diaryl/α,β-unsaturated/α-hetero) is 2. The number of amides is 1. The lowest BCUT2D eigenvalue weighted by molar-refractivity contribution is -0.202. The van der Waals surface area contributed by atoms with E-state index in [0.717, 1.165) is 44.6 Å². The Morgan fingerprint density at radius 1 is 0.909 bits per heavy atom. The van der Waals surface area contributed by atoms with E-state index in [-0.39, 0.29) is 87.8 Å². The van der Waals surface area contributed by atoms with Crippen molar-refractivity contribution in [3.63, 3.8) is 0 Å². The van der Waals surface area contributed by atoms with Gasteiger partial charge in [-0.15, -0.1) is 0 Å². The van der Waals surface area contributed by atoms with Crippen molar-refractivity contribution in [1.29, 1.82) is 0 Å². The lowest BCUT2D eigenvalue weighted by atomic mass is 9.45. The Balaban J connectivity index is 0.000000153. The van der Waals surface area contributed by atoms with Crippen molar-refractivity contribution >= 4 is 46.3 Å². The van der Waals surface area contributed by atoms with Crippen molar-refractivity contribution in [3.8, 4) is 17.2 Å². The third-order valence-electron chi connectivity index (χ3n) is 18.1. The largest absolute Gasteiger partial charge is 0.496 e. The third-order valence-corrected chi connectivity index (χ3v) is 18.4. The van der Waals surface area contributed by atoms with Crippen LogP contribution in [0.1, 0.15) is 95.5 Å². The summed E-state index contributed by atoms with van der Waals surface area (Å²) in [7, 11) is 4.31. The number of halogens is 3. The second-order valence-electron chi connectivity index (χ2n) is 22.3. The molecule has 11 atom stereocenters. The molecular weight excluding hydrogens is 1010 g/mol. The van der Waals surface area contributed by atoms with E-state index in [4.69, 9.17) is 30.5 Å². The highest BCUT2D eigenvalue weighted by Crippen LogP contribution is 2.70. The number of carbonyl (C=O) groups excluding carboxylic acids is 5. The highest BCUT2D eigenvalue weighted by atomic mass is 35.5. The first-order valence-corrected chi connectivity index (χ1v) is 27.3. The predicted octanol–water partition coefficient (Wildman–Crippen LogP) is 9.68. The van der Waals surface area contributed by atoms with Crippen LogP contribution < -0.4 is 19.1 Å². The molecule has 1 spiro atoms. The Hall–Kier alpha value is -5.74. The summed E-state index contributed by atoms with van der Waals surface area (Å²) in [6.45, 7) is 11.7. The normalized spacial score (nSPS) is 32.1. The number of nitrogens with zero attached hydrogens (tertiary/aromatic N) is 2. The molecule has 0 aromatic heterocycles. The number of anilines is 1. The first kappa shape index (κ1) is 57.4. The highest BCUT2D eigenvalue weighted by Gasteiger charge is 2.73. The zero-order valence-electron chi connectivity index (χ0n) is 45.4. The van der Waals surface area contributed by atoms with Crippen molar-refractivity contribution in [2.75, 3.05) is 52.5 Å². The number of aliphatic hydroxyl groups is 2. The molecule has 4 fully saturated rings. The van der Waals surface area contributed by atoms with Gasteiger partial charge < -0.3 is 39.0 Å². The van der Waals surface area contributed by atoms with Crippen LogP contribution in [-0.2, 0) is 30.3 Å². The van der Waals surface area contributed by atoms with Gasteiger partial charge in [0.25, 0.3) is 0 Å². The number of aliphatic hydroxyl groups excluding tert-OH is 2. The van der Waals surface area contributed by atoms with Crippen LogP contribution in [0.5, 0.6) is 17.2 Å². The molecule has 2 aliphatic heterocycles. The van der Waals surface area contributed by atoms with E-state index in [0.29, 0.717) is 30.4 Å². The van der Waals surface area contributed by atoms with Gasteiger partial charge in [0.1, 0.15) is 34.9 Å². The second-order valence-corrected chi connectivity index (χ2v) is 22.7. The van der Waals surface area contributed by atoms with E-state index in [9.17, 15) is 34.2 Å². The van der Waals surface area contributed by atoms with Gasteiger partial charge in [0.05, 0.1) is 27.4 Å². The maximum Gasteiger partial charge on any atom is 0.231 e. The maximum absolute atomic E-state index is 16.8. The van der Waals surface area contributed by atoms with E-state index >= 15 is 8.78 Å². The molecule has 3 saturated carbocycles. The van der Waals surface area contributed by atoms with Gasteiger partial charge in [-0.05, 0) is 98.1 Å². The van der Waals surface area contributed by atoms with Crippen molar-refractivity contribution in [3.05, 3.63) is 119 Å². The van der Waals surface area contributed by atoms with Gasteiger partial charge in [-0.25, -0.2) is 8.78 Å². The Bertz CT molecular complexity index is 2820. The van der Waals surface area contributed by atoms with Gasteiger partial charge in [0.15, 0.2) is 34.5 Å². The molecule has 7 aliphatic rings. The number of hydrogen-bond donors (Lipinski definition) is 2. The van der Waals surface area contributed by atoms with Gasteiger partial charge in [-0.3, -0.25) is 24.0 Å². The first-order chi connectivity index (χ1) is 36.7. The number of piperidine rings is 1. The molecule has 1 amide bonds. The smallest absolute Gasteiger partial charge is 0.231 e. The van der Waals surface area contributed by atoms with Gasteiger partial charge >= 0.3 is 0 Å². The van der Waals surface area contributed by atoms with E-state index in [1.165, 1.54) is 57.3 Å². The number of carbonyl (C=O) groups is 5. The summed E-state index contributed by atoms with van der Waals surface area (Å²) < 4.78 is 53.9. The third kappa shape index (κ3) is 10.1. The van der Waals surface area contributed by atoms with Crippen molar-refractivity contribution < 1.29 is 61.9 Å². The van der Waals surface area contributed by atoms with Crippen LogP contribution >= 0.6 is 11.6 Å². The summed E-state index contributed by atoms with van der Waals surface area (Å²) in [6.07, 6.45) is 6.76. The molecule has 0 bridgehead atoms. The Kier molecular flexibility index (Phi) is 17.1. The number of likely N-dealkylation sites (tertiary alicyclic amines) is 1. The number of allylic oxidation sites excluding steroid dienone is 5. The molecule has 0 radical (unpaired) electrons. The summed E-state index contributed by atoms with van der Waals surface area (Å²) in [5.74, 6) is -1.92. The average molecular weight is 1080 g/mol. The van der Waals surface area contributed by atoms with Gasteiger partial charge in [0.2, 0.25) is 17.3 Å². The Morgan fingerprint density at radius 2 is 1.56 bits per heavy atom. The number of fused-ring (bicyclic) bond motifs is 6. The van der Waals surface area contributed by atoms with Gasteiger partial charge in [-0.2, -0.15) is 0 Å². The molecule has 77 heavy (non-hydrogen) atoms. The number of rotatable bonds is 11. The summed E-state index contributed by atoms with van der Waals surface area (Å²) in [5, 5.41) is 20.7. The van der Waals surface area contributed by atoms with Crippen LogP contribution in [0, 0.1) is 40.4 Å². The van der Waals surface area contributed by atoms with E-state index < -0.39 is 58.7 Å². The van der Waals surface area contributed by atoms with Crippen LogP contribution in [0.15, 0.2) is 102 Å². The first-order valence-electron chi connectivity index (χ1n) is 26.9. The molecule has 1 saturated heterocycles. The van der Waals surface area contributed by atoms with Crippen LogP contribution in [0.3, 0.4) is 0 Å². The number of hydrogen-bond acceptors (Lipinski definition) is 12. The molecule has 2 heterocycles. The quantitative estimate of drug-likeness (QED) is 0.187. The molecule has 10 rings (SSSR count). The lowest BCUT2D eigenvalue weighted by Crippen LogP contribution is -2.68. The van der Waals surface area contributed by atoms with E-state index in [1.807, 2.05) is 43.9 Å². The van der Waals surface area contributed by atoms with E-state index in [1.54, 1.807) is 13.8 Å². The molecular formula is C61H73ClF2N2O11. The van der Waals surface area contributed by atoms with Gasteiger partial charge in [-0.1, -0.05) is 93.9 Å². The van der Waals surface area contributed by atoms with Gasteiger partial charge in [0, 0.05) is 79.5 Å². The number of methoxy groups -OCH3 is 3. The highest BCUT2D eigenvalue weighted by molar-refractivity contribution is 6.35. The molecule has 5 aliphatic carbocycles. The minimum absolute atomic E-state index is 0.0736. The number of ketones is 4. The minimum atomic E-state index is -2.11. The predicted molar refractivity (Wildman–Crippen MR) is 289 cm³/mol. The number of alkyl halides is 2. The monoisotopic (exact) mass is 1080 g/mol. The minimum Gasteiger partial charge on any atom is -0.496 e. The SMILES string of the molecule is CCC(=O)N(c1ccccc1)C1CCN(CCc2ccccc2)CC1.COC1=CC(=O)C[C@@H](C)[C@]12Oc1c(Cl)c(OC)cc(OC)c1C2=O.C[C@@H]1C[C@H]2[C@@H]3C[C@H](F)C4=CC(=O)C=C[C@]4(C)[C@@]3(F)[C@@H](O)C[C@]2(C)[C@H]1C(=O)CO. The van der Waals surface area contributed by atoms with Crippen molar-refractivity contribution in [2.45, 2.75) is 116 Å². The molecule has 2 N–H and O–H groups in total. The Morgan fingerprint density at radius 3 is 2.17 bits per heavy atom. The van der Waals surface area contributed by atoms with Crippen LogP contribution in [-0.4, -0.2) is 121 Å². The zero-order valence-corrected chi connectivity index (χ0v) is 46.1. The molecule has 3 aromatic carbocycles. The summed E-state index contributed by atoms with van der Waals surface area (Å²) in [6, 6.07) is 22.7. The molecule has 0 unspecified atom stereocenters. The number of ether oxygens (including phenoxy) is 4. The second kappa shape index (κ2) is 22.9. The number of benzene rings is 3. The fraction of sp³-hybridized carbons (Fsp3) is 0.525. The maximum atomic E-state index is 16.8. The standard InChI is InChI=1S/C22H28F2O4.C22H28N2O.C17H17ClO6/c1-11-6-13-14-8-16(23)15-7-12(26)4-5-21(15,3)22(14,24)18(28)9-20(13,2)19(11)17(27)10-25;1-2-22(25)24(20-11-7-4-8-12-20)21-14-17-23(18-15-21)16-13-19-9-5-3-6-10-19;1-8-5-9(19)6-12(23-4)17(8)16(20)13-10(21-2)7-11(22-3)14(18)15(13)24-17/h4-5,7,11,13-14,16,18-19,25,28H,6,8-10H2,1-3H3;3-12,21H,2,13-18H2,1H3;6-8H,5H2,1-4H3/t11-,13+,14+,16+,18+,19-,20+,21+,22+;;8-,17+/m1.1/s1. The lowest BCUT2D eigenvalue weighted by Gasteiger charge is -2.62. The molecule has 3 aromatic rings. The molecule has 16 heteroatoms. The van der Waals surface area contributed by atoms with Crippen LogP contribution in [0.25, 0.3) is 0 Å². The molecule has 414 valence electrons. The average Bonchev–Trinajstić information content (AvgIpc) is 4.08. The van der Waals surface area contributed by atoms with E-state index in [2.05, 4.69) is 47.4 Å². The van der Waals surface area contributed by atoms with Crippen LogP contribution in [0.2, 0.25) is 5.02 Å². The van der Waals surface area contributed by atoms with Crippen molar-refractivity contribution in [2.24, 2.45) is 40.4 Å². The molecule has 13 nitrogen and oxygen atoms in total. The summed E-state index contributed by atoms with van der Waals surface area (Å²) >= 11 is 6.33. The fourth-order valence-corrected chi connectivity index (χ4v) is 14.6. The Labute approximate surface area is 455 Å².